The minimum atomic E-state index is -0.652. The molecule has 1 aliphatic carbocycles. The van der Waals surface area contributed by atoms with E-state index >= 15 is 0 Å². The molecular weight excluding hydrogens is 350 g/mol. The van der Waals surface area contributed by atoms with Crippen molar-refractivity contribution in [2.45, 2.75) is 37.3 Å². The molecule has 1 saturated carbocycles. The molecule has 1 saturated heterocycles. The molecule has 2 bridgehead atoms. The van der Waals surface area contributed by atoms with Gasteiger partial charge in [-0.05, 0) is 30.5 Å². The van der Waals surface area contributed by atoms with Crippen molar-refractivity contribution in [3.63, 3.8) is 0 Å². The lowest BCUT2D eigenvalue weighted by Crippen LogP contribution is -2.66. The van der Waals surface area contributed by atoms with Crippen LogP contribution in [0.4, 0.5) is 0 Å². The summed E-state index contributed by atoms with van der Waals surface area (Å²) in [7, 11) is 0. The molecule has 4 nitrogen and oxygen atoms in total. The zero-order chi connectivity index (χ0) is 19.1. The summed E-state index contributed by atoms with van der Waals surface area (Å²) in [5, 5.41) is 14.0. The van der Waals surface area contributed by atoms with Crippen molar-refractivity contribution in [3.8, 4) is 5.75 Å². The zero-order valence-corrected chi connectivity index (χ0v) is 15.6. The molecule has 0 radical (unpaired) electrons. The number of piperidine rings is 1. The largest absolute Gasteiger partial charge is 0.507 e. The fourth-order valence-corrected chi connectivity index (χ4v) is 5.02. The van der Waals surface area contributed by atoms with E-state index in [1.807, 2.05) is 60.7 Å². The second-order valence-corrected chi connectivity index (χ2v) is 7.86. The number of ether oxygens (including phenoxy) is 1. The predicted molar refractivity (Wildman–Crippen MR) is 108 cm³/mol. The van der Waals surface area contributed by atoms with Gasteiger partial charge in [-0.2, -0.15) is 0 Å². The topological polar surface area (TPSA) is 58.6 Å². The minimum Gasteiger partial charge on any atom is -0.507 e. The molecule has 4 heteroatoms. The Morgan fingerprint density at radius 3 is 2.75 bits per heavy atom. The molecular formula is C24H23NO3. The minimum absolute atomic E-state index is 0.0298. The van der Waals surface area contributed by atoms with Crippen LogP contribution in [-0.2, 0) is 4.79 Å². The Balaban J connectivity index is 1.63. The van der Waals surface area contributed by atoms with Gasteiger partial charge in [-0.3, -0.25) is 4.79 Å². The van der Waals surface area contributed by atoms with Crippen LogP contribution in [0.1, 0.15) is 42.7 Å². The molecule has 2 aromatic carbocycles. The van der Waals surface area contributed by atoms with Crippen LogP contribution < -0.4 is 10.1 Å². The smallest absolute Gasteiger partial charge is 0.254 e. The Kier molecular flexibility index (Phi) is 4.00. The molecule has 142 valence electrons. The second kappa shape index (κ2) is 6.55. The summed E-state index contributed by atoms with van der Waals surface area (Å²) in [6.45, 7) is 0. The third kappa shape index (κ3) is 2.63. The van der Waals surface area contributed by atoms with Gasteiger partial charge in [0.05, 0.1) is 5.57 Å². The molecule has 2 aliphatic heterocycles. The third-order valence-electron chi connectivity index (χ3n) is 6.25. The fourth-order valence-electron chi connectivity index (χ4n) is 5.02. The van der Waals surface area contributed by atoms with E-state index in [0.717, 1.165) is 42.6 Å². The van der Waals surface area contributed by atoms with E-state index < -0.39 is 5.72 Å². The third-order valence-corrected chi connectivity index (χ3v) is 6.25. The van der Waals surface area contributed by atoms with Crippen LogP contribution in [0, 0.1) is 5.92 Å². The van der Waals surface area contributed by atoms with E-state index in [1.54, 1.807) is 6.08 Å². The molecule has 3 aliphatic rings. The number of rotatable bonds is 2. The highest BCUT2D eigenvalue weighted by Crippen LogP contribution is 2.55. The van der Waals surface area contributed by atoms with E-state index in [9.17, 15) is 9.90 Å². The van der Waals surface area contributed by atoms with Gasteiger partial charge < -0.3 is 15.2 Å². The van der Waals surface area contributed by atoms with Gasteiger partial charge in [0, 0.05) is 23.8 Å². The molecule has 2 heterocycles. The first-order valence-electron chi connectivity index (χ1n) is 9.95. The first kappa shape index (κ1) is 17.1. The Morgan fingerprint density at radius 2 is 1.89 bits per heavy atom. The summed E-state index contributed by atoms with van der Waals surface area (Å²) in [6.07, 6.45) is 7.39. The molecule has 1 amide bonds. The maximum Gasteiger partial charge on any atom is 0.254 e. The Morgan fingerprint density at radius 1 is 1.11 bits per heavy atom. The average Bonchev–Trinajstić information content (AvgIpc) is 2.72. The van der Waals surface area contributed by atoms with Gasteiger partial charge in [0.15, 0.2) is 5.72 Å². The van der Waals surface area contributed by atoms with Crippen LogP contribution in [-0.4, -0.2) is 16.7 Å². The van der Waals surface area contributed by atoms with Crippen molar-refractivity contribution >= 4 is 12.0 Å². The highest BCUT2D eigenvalue weighted by molar-refractivity contribution is 5.98. The molecule has 0 aromatic heterocycles. The van der Waals surface area contributed by atoms with Crippen molar-refractivity contribution in [2.24, 2.45) is 5.92 Å². The summed E-state index contributed by atoms with van der Waals surface area (Å²) < 4.78 is 6.37. The molecule has 0 spiro atoms. The number of benzene rings is 2. The van der Waals surface area contributed by atoms with E-state index in [4.69, 9.17) is 4.74 Å². The quantitative estimate of drug-likeness (QED) is 0.592. The first-order chi connectivity index (χ1) is 13.7. The Hall–Kier alpha value is -3.01. The molecule has 3 unspecified atom stereocenters. The highest BCUT2D eigenvalue weighted by atomic mass is 16.5. The summed E-state index contributed by atoms with van der Waals surface area (Å²) in [5.74, 6) is 0.591. The Bertz CT molecular complexity index is 978. The van der Waals surface area contributed by atoms with Crippen LogP contribution in [0.3, 0.4) is 0 Å². The van der Waals surface area contributed by atoms with Gasteiger partial charge in [0.1, 0.15) is 11.5 Å². The standard InChI is InChI=1S/C24H23NO3/c26-19(14-13-16-8-2-1-3-9-16)22-21-17-10-4-5-12-20(17)28-24(25-23(22)27)15-7-6-11-18(21)24/h1-5,8-10,12-14,18,21,26H,6-7,11,15H2,(H,25,27)/b14-13?,22-19-. The number of nitrogens with one attached hydrogen (secondary N) is 1. The number of aliphatic hydroxyl groups excluding tert-OH is 1. The summed E-state index contributed by atoms with van der Waals surface area (Å²) >= 11 is 0. The van der Waals surface area contributed by atoms with E-state index in [2.05, 4.69) is 5.32 Å². The monoisotopic (exact) mass is 373 g/mol. The number of fused-ring (bicyclic) bond motifs is 2. The Labute approximate surface area is 164 Å². The lowest BCUT2D eigenvalue weighted by Gasteiger charge is -2.54. The van der Waals surface area contributed by atoms with Gasteiger partial charge in [0.25, 0.3) is 5.91 Å². The van der Waals surface area contributed by atoms with Crippen LogP contribution in [0.5, 0.6) is 5.75 Å². The van der Waals surface area contributed by atoms with Crippen molar-refractivity contribution in [3.05, 3.63) is 83.1 Å². The van der Waals surface area contributed by atoms with Crippen LogP contribution >= 0.6 is 0 Å². The molecule has 28 heavy (non-hydrogen) atoms. The number of hydrogen-bond donors (Lipinski definition) is 2. The number of carbonyl (C=O) groups is 1. The number of allylic oxidation sites excluding steroid dienone is 1. The molecule has 3 atom stereocenters. The number of carbonyl (C=O) groups excluding carboxylic acids is 1. The predicted octanol–water partition coefficient (Wildman–Crippen LogP) is 4.70. The number of amides is 1. The van der Waals surface area contributed by atoms with Crippen LogP contribution in [0.2, 0.25) is 0 Å². The average molecular weight is 373 g/mol. The van der Waals surface area contributed by atoms with Gasteiger partial charge in [0.2, 0.25) is 0 Å². The van der Waals surface area contributed by atoms with Gasteiger partial charge in [-0.25, -0.2) is 0 Å². The van der Waals surface area contributed by atoms with E-state index in [-0.39, 0.29) is 23.5 Å². The maximum absolute atomic E-state index is 13.1. The van der Waals surface area contributed by atoms with Crippen LogP contribution in [0.25, 0.3) is 6.08 Å². The van der Waals surface area contributed by atoms with Crippen molar-refractivity contribution < 1.29 is 14.6 Å². The van der Waals surface area contributed by atoms with Gasteiger partial charge in [-0.1, -0.05) is 61.0 Å². The number of para-hydroxylation sites is 1. The molecule has 5 rings (SSSR count). The highest BCUT2D eigenvalue weighted by Gasteiger charge is 2.57. The van der Waals surface area contributed by atoms with Crippen molar-refractivity contribution in [1.82, 2.24) is 5.32 Å². The molecule has 2 fully saturated rings. The normalized spacial score (nSPS) is 30.1. The molecule has 2 aromatic rings. The second-order valence-electron chi connectivity index (χ2n) is 7.86. The van der Waals surface area contributed by atoms with Gasteiger partial charge in [-0.15, -0.1) is 0 Å². The SMILES string of the molecule is O=C1NC23CCCCC2C(/C1=C(/O)C=Cc1ccccc1)c1ccccc1O3. The van der Waals surface area contributed by atoms with Gasteiger partial charge >= 0.3 is 0 Å². The first-order valence-corrected chi connectivity index (χ1v) is 9.95. The lowest BCUT2D eigenvalue weighted by atomic mass is 9.64. The summed E-state index contributed by atoms with van der Waals surface area (Å²) in [4.78, 5) is 13.1. The lowest BCUT2D eigenvalue weighted by molar-refractivity contribution is -0.140. The molecule has 2 N–H and O–H groups in total. The van der Waals surface area contributed by atoms with E-state index in [0.29, 0.717) is 5.57 Å². The fraction of sp³-hybridized carbons (Fsp3) is 0.292. The number of hydrogen-bond acceptors (Lipinski definition) is 3. The van der Waals surface area contributed by atoms with Crippen molar-refractivity contribution in [1.29, 1.82) is 0 Å². The van der Waals surface area contributed by atoms with Crippen molar-refractivity contribution in [2.75, 3.05) is 0 Å². The maximum atomic E-state index is 13.1. The summed E-state index contributed by atoms with van der Waals surface area (Å²) in [5.41, 5.74) is 1.77. The van der Waals surface area contributed by atoms with E-state index in [1.165, 1.54) is 0 Å². The summed E-state index contributed by atoms with van der Waals surface area (Å²) in [6, 6.07) is 17.7. The number of aliphatic hydroxyl groups is 1. The zero-order valence-electron chi connectivity index (χ0n) is 15.6. The van der Waals surface area contributed by atoms with Crippen LogP contribution in [0.15, 0.2) is 72.0 Å².